The van der Waals surface area contributed by atoms with E-state index >= 15 is 0 Å². The summed E-state index contributed by atoms with van der Waals surface area (Å²) in [6, 6.07) is 3.84. The average Bonchev–Trinajstić information content (AvgIpc) is 2.74. The third-order valence-corrected chi connectivity index (χ3v) is 3.55. The van der Waals surface area contributed by atoms with Crippen LogP contribution in [-0.2, 0) is 13.0 Å². The van der Waals surface area contributed by atoms with Gasteiger partial charge < -0.3 is 15.4 Å². The van der Waals surface area contributed by atoms with E-state index in [1.165, 1.54) is 5.56 Å². The second-order valence-corrected chi connectivity index (χ2v) is 5.25. The number of rotatable bonds is 6. The highest BCUT2D eigenvalue weighted by Crippen LogP contribution is 2.28. The molecule has 0 bridgehead atoms. The Bertz CT molecular complexity index is 629. The van der Waals surface area contributed by atoms with E-state index in [4.69, 9.17) is 5.73 Å². The van der Waals surface area contributed by atoms with E-state index in [0.717, 1.165) is 42.3 Å². The molecule has 0 spiro atoms. The first-order chi connectivity index (χ1) is 9.58. The van der Waals surface area contributed by atoms with Crippen LogP contribution in [0.15, 0.2) is 18.3 Å². The molecule has 20 heavy (non-hydrogen) atoms. The lowest BCUT2D eigenvalue weighted by atomic mass is 10.0. The van der Waals surface area contributed by atoms with Crippen molar-refractivity contribution in [2.75, 3.05) is 6.54 Å². The Morgan fingerprint density at radius 1 is 1.40 bits per heavy atom. The van der Waals surface area contributed by atoms with Crippen LogP contribution in [-0.4, -0.2) is 22.2 Å². The molecule has 2 rings (SSSR count). The van der Waals surface area contributed by atoms with Gasteiger partial charge in [0.15, 0.2) is 0 Å². The number of carboxylic acid groups (broad SMARTS) is 1. The fraction of sp³-hybridized carbons (Fsp3) is 0.438. The molecule has 0 fully saturated rings. The molecule has 0 amide bonds. The largest absolute Gasteiger partial charge is 0.478 e. The lowest BCUT2D eigenvalue weighted by Crippen LogP contribution is -2.07. The number of hydrogen-bond donors (Lipinski definition) is 2. The van der Waals surface area contributed by atoms with Crippen molar-refractivity contribution in [2.24, 2.45) is 5.73 Å². The molecule has 0 radical (unpaired) electrons. The molecule has 0 atom stereocenters. The Balaban J connectivity index is 2.68. The zero-order chi connectivity index (χ0) is 14.7. The van der Waals surface area contributed by atoms with Gasteiger partial charge >= 0.3 is 5.97 Å². The minimum Gasteiger partial charge on any atom is -0.478 e. The van der Waals surface area contributed by atoms with Crippen molar-refractivity contribution >= 4 is 16.9 Å². The Hall–Kier alpha value is -1.81. The van der Waals surface area contributed by atoms with Crippen LogP contribution in [0, 0.1) is 6.92 Å². The first-order valence-corrected chi connectivity index (χ1v) is 7.14. The van der Waals surface area contributed by atoms with E-state index in [0.29, 0.717) is 12.1 Å². The molecule has 0 aliphatic rings. The first kappa shape index (κ1) is 14.6. The molecule has 0 saturated carbocycles. The molecule has 0 aliphatic heterocycles. The first-order valence-electron chi connectivity index (χ1n) is 7.14. The summed E-state index contributed by atoms with van der Waals surface area (Å²) in [7, 11) is 0. The fourth-order valence-corrected chi connectivity index (χ4v) is 2.72. The van der Waals surface area contributed by atoms with Crippen molar-refractivity contribution in [3.8, 4) is 0 Å². The van der Waals surface area contributed by atoms with Gasteiger partial charge in [0.2, 0.25) is 0 Å². The van der Waals surface area contributed by atoms with Crippen molar-refractivity contribution in [2.45, 2.75) is 39.7 Å². The van der Waals surface area contributed by atoms with Gasteiger partial charge in [0, 0.05) is 18.1 Å². The quantitative estimate of drug-likeness (QED) is 0.851. The van der Waals surface area contributed by atoms with Crippen LogP contribution in [0.2, 0.25) is 0 Å². The van der Waals surface area contributed by atoms with E-state index in [-0.39, 0.29) is 0 Å². The highest BCUT2D eigenvalue weighted by molar-refractivity contribution is 6.03. The molecule has 0 saturated heterocycles. The second-order valence-electron chi connectivity index (χ2n) is 5.25. The molecule has 2 aromatic rings. The van der Waals surface area contributed by atoms with Crippen LogP contribution in [0.5, 0.6) is 0 Å². The maximum Gasteiger partial charge on any atom is 0.337 e. The molecular formula is C16H22N2O2. The number of benzene rings is 1. The summed E-state index contributed by atoms with van der Waals surface area (Å²) in [5.41, 5.74) is 9.02. The van der Waals surface area contributed by atoms with Gasteiger partial charge in [0.25, 0.3) is 0 Å². The van der Waals surface area contributed by atoms with E-state index in [9.17, 15) is 9.90 Å². The Labute approximate surface area is 119 Å². The van der Waals surface area contributed by atoms with Gasteiger partial charge in [-0.25, -0.2) is 4.79 Å². The summed E-state index contributed by atoms with van der Waals surface area (Å²) in [6.07, 6.45) is 4.96. The maximum absolute atomic E-state index is 11.5. The topological polar surface area (TPSA) is 68.2 Å². The molecule has 1 heterocycles. The minimum atomic E-state index is -0.867. The molecule has 0 unspecified atom stereocenters. The smallest absolute Gasteiger partial charge is 0.337 e. The lowest BCUT2D eigenvalue weighted by Gasteiger charge is -2.07. The van der Waals surface area contributed by atoms with Crippen LogP contribution in [0.1, 0.15) is 41.3 Å². The standard InChI is InChI=1S/C16H22N2O2/c1-3-5-12-10-18(7-4-6-17)15-13(12)8-11(2)9-14(15)16(19)20/h8-10H,3-7,17H2,1-2H3,(H,19,20). The Morgan fingerprint density at radius 3 is 2.75 bits per heavy atom. The number of aryl methyl sites for hydroxylation is 3. The number of nitrogens with two attached hydrogens (primary N) is 1. The van der Waals surface area contributed by atoms with Crippen molar-refractivity contribution in [1.82, 2.24) is 4.57 Å². The zero-order valence-electron chi connectivity index (χ0n) is 12.1. The highest BCUT2D eigenvalue weighted by Gasteiger charge is 2.16. The van der Waals surface area contributed by atoms with Gasteiger partial charge in [-0.2, -0.15) is 0 Å². The lowest BCUT2D eigenvalue weighted by molar-refractivity contribution is 0.0698. The predicted octanol–water partition coefficient (Wildman–Crippen LogP) is 2.95. The van der Waals surface area contributed by atoms with Crippen LogP contribution < -0.4 is 5.73 Å². The third-order valence-electron chi connectivity index (χ3n) is 3.55. The molecule has 108 valence electrons. The summed E-state index contributed by atoms with van der Waals surface area (Å²) >= 11 is 0. The Kier molecular flexibility index (Phi) is 4.45. The van der Waals surface area contributed by atoms with Gasteiger partial charge in [0.05, 0.1) is 11.1 Å². The SMILES string of the molecule is CCCc1cn(CCCN)c2c(C(=O)O)cc(C)cc12. The average molecular weight is 274 g/mol. The van der Waals surface area contributed by atoms with Crippen LogP contribution in [0.4, 0.5) is 0 Å². The number of aromatic carboxylic acids is 1. The number of hydrogen-bond acceptors (Lipinski definition) is 2. The summed E-state index contributed by atoms with van der Waals surface area (Å²) in [5.74, 6) is -0.867. The molecule has 4 heteroatoms. The summed E-state index contributed by atoms with van der Waals surface area (Å²) in [5, 5.41) is 10.5. The molecule has 1 aromatic carbocycles. The number of fused-ring (bicyclic) bond motifs is 1. The molecule has 0 aliphatic carbocycles. The van der Waals surface area contributed by atoms with Crippen molar-refractivity contribution < 1.29 is 9.90 Å². The van der Waals surface area contributed by atoms with Crippen molar-refractivity contribution in [3.05, 3.63) is 35.0 Å². The molecule has 1 aromatic heterocycles. The van der Waals surface area contributed by atoms with E-state index in [1.54, 1.807) is 6.07 Å². The monoisotopic (exact) mass is 274 g/mol. The van der Waals surface area contributed by atoms with Gasteiger partial charge in [-0.3, -0.25) is 0 Å². The number of carbonyl (C=O) groups is 1. The third kappa shape index (κ3) is 2.70. The zero-order valence-corrected chi connectivity index (χ0v) is 12.1. The number of carboxylic acids is 1. The molecular weight excluding hydrogens is 252 g/mol. The fourth-order valence-electron chi connectivity index (χ4n) is 2.72. The molecule has 3 N–H and O–H groups in total. The number of nitrogens with zero attached hydrogens (tertiary/aromatic N) is 1. The summed E-state index contributed by atoms with van der Waals surface area (Å²) in [6.45, 7) is 5.45. The number of aromatic nitrogens is 1. The highest BCUT2D eigenvalue weighted by atomic mass is 16.4. The van der Waals surface area contributed by atoms with Gasteiger partial charge in [0.1, 0.15) is 0 Å². The van der Waals surface area contributed by atoms with Crippen molar-refractivity contribution in [3.63, 3.8) is 0 Å². The predicted molar refractivity (Wildman–Crippen MR) is 81.3 cm³/mol. The molecule has 4 nitrogen and oxygen atoms in total. The van der Waals surface area contributed by atoms with E-state index in [2.05, 4.69) is 23.8 Å². The van der Waals surface area contributed by atoms with Crippen LogP contribution in [0.3, 0.4) is 0 Å². The van der Waals surface area contributed by atoms with Gasteiger partial charge in [-0.1, -0.05) is 13.3 Å². The van der Waals surface area contributed by atoms with Crippen molar-refractivity contribution in [1.29, 1.82) is 0 Å². The van der Waals surface area contributed by atoms with Crippen LogP contribution in [0.25, 0.3) is 10.9 Å². The van der Waals surface area contributed by atoms with Gasteiger partial charge in [-0.05, 0) is 49.6 Å². The maximum atomic E-state index is 11.5. The van der Waals surface area contributed by atoms with E-state index < -0.39 is 5.97 Å². The normalized spacial score (nSPS) is 11.2. The second kappa shape index (κ2) is 6.09. The van der Waals surface area contributed by atoms with Crippen LogP contribution >= 0.6 is 0 Å². The summed E-state index contributed by atoms with van der Waals surface area (Å²) < 4.78 is 2.05. The minimum absolute atomic E-state index is 0.388. The Morgan fingerprint density at radius 2 is 2.15 bits per heavy atom. The summed E-state index contributed by atoms with van der Waals surface area (Å²) in [4.78, 5) is 11.5. The van der Waals surface area contributed by atoms with E-state index in [1.807, 2.05) is 6.92 Å². The van der Waals surface area contributed by atoms with Gasteiger partial charge in [-0.15, -0.1) is 0 Å².